The SMILES string of the molecule is CN(C)CCNc1ccc(NCCN(C)C)c2c1C(=O)c1ccccc1C2=O. The molecule has 0 spiro atoms. The van der Waals surface area contributed by atoms with Crippen LogP contribution in [0.1, 0.15) is 31.8 Å². The molecule has 1 aliphatic rings. The van der Waals surface area contributed by atoms with Crippen LogP contribution in [0.15, 0.2) is 36.4 Å². The fourth-order valence-corrected chi connectivity index (χ4v) is 3.35. The molecule has 0 atom stereocenters. The molecule has 0 aromatic heterocycles. The van der Waals surface area contributed by atoms with Gasteiger partial charge in [-0.1, -0.05) is 24.3 Å². The van der Waals surface area contributed by atoms with Gasteiger partial charge in [0.2, 0.25) is 0 Å². The van der Waals surface area contributed by atoms with E-state index in [-0.39, 0.29) is 11.6 Å². The zero-order valence-electron chi connectivity index (χ0n) is 17.0. The van der Waals surface area contributed by atoms with E-state index in [1.54, 1.807) is 24.3 Å². The van der Waals surface area contributed by atoms with Crippen LogP contribution in [0.25, 0.3) is 0 Å². The number of carbonyl (C=O) groups excluding carboxylic acids is 2. The highest BCUT2D eigenvalue weighted by Gasteiger charge is 2.33. The van der Waals surface area contributed by atoms with E-state index in [0.717, 1.165) is 13.1 Å². The summed E-state index contributed by atoms with van der Waals surface area (Å²) in [5.74, 6) is -0.206. The minimum Gasteiger partial charge on any atom is -0.383 e. The zero-order valence-corrected chi connectivity index (χ0v) is 17.0. The first kappa shape index (κ1) is 20.0. The quantitative estimate of drug-likeness (QED) is 0.626. The van der Waals surface area contributed by atoms with Crippen LogP contribution in [0.3, 0.4) is 0 Å². The van der Waals surface area contributed by atoms with Gasteiger partial charge in [0.1, 0.15) is 0 Å². The molecule has 2 aromatic carbocycles. The highest BCUT2D eigenvalue weighted by atomic mass is 16.1. The van der Waals surface area contributed by atoms with Crippen LogP contribution in [-0.2, 0) is 0 Å². The number of benzene rings is 2. The summed E-state index contributed by atoms with van der Waals surface area (Å²) in [4.78, 5) is 30.7. The van der Waals surface area contributed by atoms with Gasteiger partial charge in [-0.3, -0.25) is 9.59 Å². The summed E-state index contributed by atoms with van der Waals surface area (Å²) >= 11 is 0. The van der Waals surface area contributed by atoms with Gasteiger partial charge in [0.05, 0.1) is 11.1 Å². The molecule has 1 aliphatic carbocycles. The van der Waals surface area contributed by atoms with E-state index in [2.05, 4.69) is 20.4 Å². The normalized spacial score (nSPS) is 12.9. The Balaban J connectivity index is 2.02. The number of hydrogen-bond acceptors (Lipinski definition) is 6. The number of rotatable bonds is 8. The van der Waals surface area contributed by atoms with Crippen molar-refractivity contribution in [2.75, 3.05) is 65.0 Å². The Morgan fingerprint density at radius 1 is 0.679 bits per heavy atom. The van der Waals surface area contributed by atoms with E-state index in [0.29, 0.717) is 46.7 Å². The van der Waals surface area contributed by atoms with E-state index in [1.165, 1.54) is 0 Å². The molecule has 3 rings (SSSR count). The molecule has 148 valence electrons. The van der Waals surface area contributed by atoms with Crippen LogP contribution >= 0.6 is 0 Å². The molecule has 0 bridgehead atoms. The molecule has 6 heteroatoms. The van der Waals surface area contributed by atoms with Gasteiger partial charge in [-0.2, -0.15) is 0 Å². The van der Waals surface area contributed by atoms with Crippen LogP contribution in [0.4, 0.5) is 11.4 Å². The van der Waals surface area contributed by atoms with Crippen LogP contribution in [-0.4, -0.2) is 75.7 Å². The van der Waals surface area contributed by atoms with E-state index >= 15 is 0 Å². The van der Waals surface area contributed by atoms with Crippen molar-refractivity contribution in [2.45, 2.75) is 0 Å². The first-order valence-electron chi connectivity index (χ1n) is 9.52. The van der Waals surface area contributed by atoms with Gasteiger partial charge in [-0.05, 0) is 40.3 Å². The topological polar surface area (TPSA) is 64.7 Å². The van der Waals surface area contributed by atoms with Crippen molar-refractivity contribution in [3.05, 3.63) is 58.7 Å². The van der Waals surface area contributed by atoms with Gasteiger partial charge in [-0.15, -0.1) is 0 Å². The predicted octanol–water partition coefficient (Wildman–Crippen LogP) is 2.41. The van der Waals surface area contributed by atoms with Crippen molar-refractivity contribution in [3.63, 3.8) is 0 Å². The number of nitrogens with one attached hydrogen (secondary N) is 2. The van der Waals surface area contributed by atoms with Crippen molar-refractivity contribution in [1.82, 2.24) is 9.80 Å². The molecule has 28 heavy (non-hydrogen) atoms. The second kappa shape index (κ2) is 8.54. The van der Waals surface area contributed by atoms with Crippen LogP contribution < -0.4 is 10.6 Å². The molecule has 0 saturated heterocycles. The second-order valence-corrected chi connectivity index (χ2v) is 7.57. The van der Waals surface area contributed by atoms with Crippen molar-refractivity contribution in [1.29, 1.82) is 0 Å². The molecule has 0 saturated carbocycles. The zero-order chi connectivity index (χ0) is 20.3. The number of anilines is 2. The summed E-state index contributed by atoms with van der Waals surface area (Å²) < 4.78 is 0. The van der Waals surface area contributed by atoms with Crippen molar-refractivity contribution in [2.24, 2.45) is 0 Å². The molecule has 6 nitrogen and oxygen atoms in total. The number of hydrogen-bond donors (Lipinski definition) is 2. The maximum Gasteiger partial charge on any atom is 0.196 e. The first-order chi connectivity index (χ1) is 13.4. The number of ketones is 2. The summed E-state index contributed by atoms with van der Waals surface area (Å²) in [7, 11) is 8.00. The fourth-order valence-electron chi connectivity index (χ4n) is 3.35. The highest BCUT2D eigenvalue weighted by molar-refractivity contribution is 6.31. The third-order valence-electron chi connectivity index (χ3n) is 4.82. The fraction of sp³-hybridized carbons (Fsp3) is 0.364. The van der Waals surface area contributed by atoms with Gasteiger partial charge >= 0.3 is 0 Å². The van der Waals surface area contributed by atoms with E-state index < -0.39 is 0 Å². The summed E-state index contributed by atoms with van der Waals surface area (Å²) in [6, 6.07) is 10.8. The van der Waals surface area contributed by atoms with Gasteiger partial charge in [0, 0.05) is 48.7 Å². The number of carbonyl (C=O) groups is 2. The molecule has 0 amide bonds. The monoisotopic (exact) mass is 380 g/mol. The minimum atomic E-state index is -0.103. The van der Waals surface area contributed by atoms with Gasteiger partial charge in [-0.25, -0.2) is 0 Å². The Bertz CT molecular complexity index is 818. The smallest absolute Gasteiger partial charge is 0.196 e. The second-order valence-electron chi connectivity index (χ2n) is 7.57. The summed E-state index contributed by atoms with van der Waals surface area (Å²) in [5.41, 5.74) is 3.31. The number of fused-ring (bicyclic) bond motifs is 2. The van der Waals surface area contributed by atoms with Gasteiger partial charge < -0.3 is 20.4 Å². The molecule has 0 fully saturated rings. The molecule has 0 unspecified atom stereocenters. The number of nitrogens with zero attached hydrogens (tertiary/aromatic N) is 2. The van der Waals surface area contributed by atoms with Crippen molar-refractivity contribution in [3.8, 4) is 0 Å². The lowest BCUT2D eigenvalue weighted by Gasteiger charge is -2.24. The predicted molar refractivity (Wildman–Crippen MR) is 114 cm³/mol. The lowest BCUT2D eigenvalue weighted by Crippen LogP contribution is -2.27. The molecular formula is C22H28N4O2. The lowest BCUT2D eigenvalue weighted by atomic mass is 9.82. The minimum absolute atomic E-state index is 0.103. The molecule has 0 heterocycles. The van der Waals surface area contributed by atoms with Crippen LogP contribution in [0.2, 0.25) is 0 Å². The van der Waals surface area contributed by atoms with Crippen molar-refractivity contribution >= 4 is 22.9 Å². The van der Waals surface area contributed by atoms with Crippen LogP contribution in [0, 0.1) is 0 Å². The molecular weight excluding hydrogens is 352 g/mol. The van der Waals surface area contributed by atoms with E-state index in [9.17, 15) is 9.59 Å². The lowest BCUT2D eigenvalue weighted by molar-refractivity contribution is 0.0980. The van der Waals surface area contributed by atoms with Gasteiger partial charge in [0.15, 0.2) is 11.6 Å². The molecule has 2 aromatic rings. The highest BCUT2D eigenvalue weighted by Crippen LogP contribution is 2.36. The van der Waals surface area contributed by atoms with E-state index in [1.807, 2.05) is 40.3 Å². The Kier molecular flexibility index (Phi) is 6.11. The standard InChI is InChI=1S/C22H28N4O2/c1-25(2)13-11-23-17-9-10-18(24-12-14-26(3)4)20-19(17)21(27)15-7-5-6-8-16(15)22(20)28/h5-10,23-24H,11-14H2,1-4H3. The summed E-state index contributed by atoms with van der Waals surface area (Å²) in [6.45, 7) is 3.04. The Morgan fingerprint density at radius 2 is 1.07 bits per heavy atom. The van der Waals surface area contributed by atoms with Crippen LogP contribution in [0.5, 0.6) is 0 Å². The number of likely N-dealkylation sites (N-methyl/N-ethyl adjacent to an activating group) is 2. The maximum absolute atomic E-state index is 13.3. The Hall–Kier alpha value is -2.70. The first-order valence-corrected chi connectivity index (χ1v) is 9.52. The molecule has 2 N–H and O–H groups in total. The van der Waals surface area contributed by atoms with Gasteiger partial charge in [0.25, 0.3) is 0 Å². The average Bonchev–Trinajstić information content (AvgIpc) is 2.66. The third-order valence-corrected chi connectivity index (χ3v) is 4.82. The Labute approximate surface area is 166 Å². The average molecular weight is 380 g/mol. The Morgan fingerprint density at radius 3 is 1.43 bits per heavy atom. The molecule has 0 radical (unpaired) electrons. The third kappa shape index (κ3) is 4.08. The van der Waals surface area contributed by atoms with E-state index in [4.69, 9.17) is 0 Å². The van der Waals surface area contributed by atoms with Crippen molar-refractivity contribution < 1.29 is 9.59 Å². The summed E-state index contributed by atoms with van der Waals surface area (Å²) in [6.07, 6.45) is 0. The molecule has 0 aliphatic heterocycles. The maximum atomic E-state index is 13.3. The largest absolute Gasteiger partial charge is 0.383 e. The summed E-state index contributed by atoms with van der Waals surface area (Å²) in [5, 5.41) is 6.67.